The first-order chi connectivity index (χ1) is 8.65. The van der Waals surface area contributed by atoms with E-state index >= 15 is 0 Å². The average Bonchev–Trinajstić information content (AvgIpc) is 3.13. The van der Waals surface area contributed by atoms with E-state index in [0.717, 1.165) is 18.0 Å². The van der Waals surface area contributed by atoms with Crippen LogP contribution in [0.4, 0.5) is 0 Å². The van der Waals surface area contributed by atoms with Crippen LogP contribution in [0, 0.1) is 5.92 Å². The summed E-state index contributed by atoms with van der Waals surface area (Å²) in [6.45, 7) is 1.99. The SMILES string of the molecule is CN(Cc1cccc(Cl)c1)C(=O)CNCC1CC1.Cl. The zero-order valence-electron chi connectivity index (χ0n) is 11.1. The van der Waals surface area contributed by atoms with Crippen LogP contribution in [-0.4, -0.2) is 30.9 Å². The van der Waals surface area contributed by atoms with Crippen molar-refractivity contribution in [3.05, 3.63) is 34.9 Å². The molecular formula is C14H20Cl2N2O. The fourth-order valence-electron chi connectivity index (χ4n) is 1.84. The van der Waals surface area contributed by atoms with E-state index in [2.05, 4.69) is 5.32 Å². The highest BCUT2D eigenvalue weighted by molar-refractivity contribution is 6.30. The summed E-state index contributed by atoms with van der Waals surface area (Å²) in [7, 11) is 1.82. The highest BCUT2D eigenvalue weighted by Gasteiger charge is 2.20. The Morgan fingerprint density at radius 3 is 2.84 bits per heavy atom. The number of benzene rings is 1. The van der Waals surface area contributed by atoms with Crippen LogP contribution < -0.4 is 5.32 Å². The van der Waals surface area contributed by atoms with E-state index in [1.54, 1.807) is 4.90 Å². The molecule has 0 aliphatic heterocycles. The van der Waals surface area contributed by atoms with Crippen LogP contribution in [0.2, 0.25) is 5.02 Å². The van der Waals surface area contributed by atoms with Gasteiger partial charge in [-0.05, 0) is 43.0 Å². The van der Waals surface area contributed by atoms with E-state index < -0.39 is 0 Å². The molecule has 0 bridgehead atoms. The van der Waals surface area contributed by atoms with Gasteiger partial charge in [0.25, 0.3) is 0 Å². The average molecular weight is 303 g/mol. The summed E-state index contributed by atoms with van der Waals surface area (Å²) in [6, 6.07) is 7.61. The molecule has 1 aromatic carbocycles. The molecule has 106 valence electrons. The molecule has 1 fully saturated rings. The predicted octanol–water partition coefficient (Wildman–Crippen LogP) is 2.72. The highest BCUT2D eigenvalue weighted by Crippen LogP contribution is 2.27. The zero-order valence-corrected chi connectivity index (χ0v) is 12.6. The Kier molecular flexibility index (Phi) is 6.63. The van der Waals surface area contributed by atoms with Gasteiger partial charge in [-0.3, -0.25) is 4.79 Å². The third kappa shape index (κ3) is 5.81. The smallest absolute Gasteiger partial charge is 0.236 e. The van der Waals surface area contributed by atoms with Gasteiger partial charge in [-0.2, -0.15) is 0 Å². The van der Waals surface area contributed by atoms with Crippen molar-refractivity contribution in [3.8, 4) is 0 Å². The summed E-state index contributed by atoms with van der Waals surface area (Å²) in [4.78, 5) is 13.6. The molecule has 0 unspecified atom stereocenters. The normalized spacial score (nSPS) is 13.8. The molecular weight excluding hydrogens is 283 g/mol. The first kappa shape index (κ1) is 16.3. The van der Waals surface area contributed by atoms with Gasteiger partial charge in [-0.1, -0.05) is 23.7 Å². The summed E-state index contributed by atoms with van der Waals surface area (Å²) in [5.74, 6) is 0.923. The van der Waals surface area contributed by atoms with Gasteiger partial charge in [0, 0.05) is 18.6 Å². The number of nitrogens with one attached hydrogen (secondary N) is 1. The fraction of sp³-hybridized carbons (Fsp3) is 0.500. The molecule has 0 saturated heterocycles. The maximum atomic E-state index is 11.9. The Hall–Kier alpha value is -0.770. The molecule has 1 aliphatic rings. The number of halogens is 2. The summed E-state index contributed by atoms with van der Waals surface area (Å²) < 4.78 is 0. The third-order valence-electron chi connectivity index (χ3n) is 3.14. The van der Waals surface area contributed by atoms with Gasteiger partial charge in [0.1, 0.15) is 0 Å². The molecule has 1 saturated carbocycles. The molecule has 0 heterocycles. The largest absolute Gasteiger partial charge is 0.340 e. The summed E-state index contributed by atoms with van der Waals surface area (Å²) in [6.07, 6.45) is 2.61. The second-order valence-corrected chi connectivity index (χ2v) is 5.39. The van der Waals surface area contributed by atoms with Crippen molar-refractivity contribution in [2.24, 2.45) is 5.92 Å². The first-order valence-corrected chi connectivity index (χ1v) is 6.72. The molecule has 19 heavy (non-hydrogen) atoms. The standard InChI is InChI=1S/C14H19ClN2O.ClH/c1-17(10-12-3-2-4-13(15)7-12)14(18)9-16-8-11-5-6-11;/h2-4,7,11,16H,5-6,8-10H2,1H3;1H. The van der Waals surface area contributed by atoms with E-state index in [1.807, 2.05) is 31.3 Å². The van der Waals surface area contributed by atoms with Crippen molar-refractivity contribution in [1.82, 2.24) is 10.2 Å². The molecule has 1 amide bonds. The topological polar surface area (TPSA) is 32.3 Å². The van der Waals surface area contributed by atoms with E-state index in [-0.39, 0.29) is 18.3 Å². The number of carbonyl (C=O) groups excluding carboxylic acids is 1. The van der Waals surface area contributed by atoms with E-state index in [9.17, 15) is 4.79 Å². The molecule has 3 nitrogen and oxygen atoms in total. The number of rotatable bonds is 6. The third-order valence-corrected chi connectivity index (χ3v) is 3.38. The van der Waals surface area contributed by atoms with Crippen molar-refractivity contribution in [1.29, 1.82) is 0 Å². The molecule has 1 N–H and O–H groups in total. The Bertz CT molecular complexity index is 422. The first-order valence-electron chi connectivity index (χ1n) is 6.34. The van der Waals surface area contributed by atoms with Crippen LogP contribution in [0.5, 0.6) is 0 Å². The van der Waals surface area contributed by atoms with Gasteiger partial charge >= 0.3 is 0 Å². The Morgan fingerprint density at radius 2 is 2.21 bits per heavy atom. The number of hydrogen-bond acceptors (Lipinski definition) is 2. The second-order valence-electron chi connectivity index (χ2n) is 4.95. The van der Waals surface area contributed by atoms with Crippen LogP contribution in [0.25, 0.3) is 0 Å². The van der Waals surface area contributed by atoms with Crippen molar-refractivity contribution in [3.63, 3.8) is 0 Å². The molecule has 0 spiro atoms. The summed E-state index contributed by atoms with van der Waals surface area (Å²) in [5.41, 5.74) is 1.06. The van der Waals surface area contributed by atoms with Crippen LogP contribution in [0.1, 0.15) is 18.4 Å². The van der Waals surface area contributed by atoms with Gasteiger partial charge in [0.05, 0.1) is 6.54 Å². The second kappa shape index (κ2) is 7.73. The molecule has 1 aromatic rings. The van der Waals surface area contributed by atoms with Crippen LogP contribution in [-0.2, 0) is 11.3 Å². The molecule has 1 aliphatic carbocycles. The number of hydrogen-bond donors (Lipinski definition) is 1. The zero-order chi connectivity index (χ0) is 13.0. The molecule has 0 atom stereocenters. The molecule has 0 radical (unpaired) electrons. The molecule has 0 aromatic heterocycles. The monoisotopic (exact) mass is 302 g/mol. The Morgan fingerprint density at radius 1 is 1.47 bits per heavy atom. The quantitative estimate of drug-likeness (QED) is 0.876. The van der Waals surface area contributed by atoms with E-state index in [1.165, 1.54) is 12.8 Å². The van der Waals surface area contributed by atoms with Gasteiger partial charge in [-0.15, -0.1) is 12.4 Å². The minimum absolute atomic E-state index is 0. The lowest BCUT2D eigenvalue weighted by atomic mass is 10.2. The van der Waals surface area contributed by atoms with E-state index in [0.29, 0.717) is 18.1 Å². The lowest BCUT2D eigenvalue weighted by Gasteiger charge is -2.17. The Balaban J connectivity index is 0.00000180. The maximum Gasteiger partial charge on any atom is 0.236 e. The maximum absolute atomic E-state index is 11.9. The predicted molar refractivity (Wildman–Crippen MR) is 80.8 cm³/mol. The van der Waals surface area contributed by atoms with Gasteiger partial charge in [0.2, 0.25) is 5.91 Å². The number of carbonyl (C=O) groups is 1. The number of nitrogens with zero attached hydrogens (tertiary/aromatic N) is 1. The number of likely N-dealkylation sites (N-methyl/N-ethyl adjacent to an activating group) is 1. The lowest BCUT2D eigenvalue weighted by Crippen LogP contribution is -2.35. The fourth-order valence-corrected chi connectivity index (χ4v) is 2.05. The van der Waals surface area contributed by atoms with Crippen molar-refractivity contribution >= 4 is 29.9 Å². The van der Waals surface area contributed by atoms with Crippen LogP contribution >= 0.6 is 24.0 Å². The van der Waals surface area contributed by atoms with Crippen molar-refractivity contribution in [2.45, 2.75) is 19.4 Å². The van der Waals surface area contributed by atoms with Crippen LogP contribution in [0.15, 0.2) is 24.3 Å². The van der Waals surface area contributed by atoms with Crippen molar-refractivity contribution in [2.75, 3.05) is 20.1 Å². The number of amides is 1. The Labute approximate surface area is 125 Å². The van der Waals surface area contributed by atoms with Gasteiger partial charge in [0.15, 0.2) is 0 Å². The molecule has 2 rings (SSSR count). The molecule has 5 heteroatoms. The van der Waals surface area contributed by atoms with Crippen LogP contribution in [0.3, 0.4) is 0 Å². The van der Waals surface area contributed by atoms with E-state index in [4.69, 9.17) is 11.6 Å². The van der Waals surface area contributed by atoms with Gasteiger partial charge in [-0.25, -0.2) is 0 Å². The van der Waals surface area contributed by atoms with Crippen molar-refractivity contribution < 1.29 is 4.79 Å². The minimum Gasteiger partial charge on any atom is -0.340 e. The minimum atomic E-state index is 0. The summed E-state index contributed by atoms with van der Waals surface area (Å²) >= 11 is 5.92. The summed E-state index contributed by atoms with van der Waals surface area (Å²) in [5, 5.41) is 3.92. The lowest BCUT2D eigenvalue weighted by molar-refractivity contribution is -0.129. The van der Waals surface area contributed by atoms with Gasteiger partial charge < -0.3 is 10.2 Å². The highest BCUT2D eigenvalue weighted by atomic mass is 35.5.